The normalized spacial score (nSPS) is 20.2. The van der Waals surface area contributed by atoms with Gasteiger partial charge in [0.1, 0.15) is 0 Å². The Bertz CT molecular complexity index is 1840. The zero-order valence-corrected chi connectivity index (χ0v) is 25.4. The monoisotopic (exact) mass is 557 g/mol. The summed E-state index contributed by atoms with van der Waals surface area (Å²) < 4.78 is 0. The van der Waals surface area contributed by atoms with Crippen molar-refractivity contribution in [3.8, 4) is 22.3 Å². The molecule has 2 aliphatic carbocycles. The summed E-state index contributed by atoms with van der Waals surface area (Å²) in [5.74, 6) is 0.778. The predicted octanol–water partition coefficient (Wildman–Crippen LogP) is 11.3. The number of benzene rings is 4. The highest BCUT2D eigenvalue weighted by molar-refractivity contribution is 5.85. The fraction of sp³-hybridized carbons (Fsp3) is 0.190. The third kappa shape index (κ3) is 4.93. The van der Waals surface area contributed by atoms with Gasteiger partial charge in [-0.15, -0.1) is 0 Å². The Balaban J connectivity index is 1.35. The van der Waals surface area contributed by atoms with Crippen molar-refractivity contribution in [2.45, 2.75) is 51.5 Å². The van der Waals surface area contributed by atoms with Crippen molar-refractivity contribution < 1.29 is 0 Å². The van der Waals surface area contributed by atoms with Crippen LogP contribution in [0.15, 0.2) is 134 Å². The first kappa shape index (κ1) is 27.2. The summed E-state index contributed by atoms with van der Waals surface area (Å²) in [5, 5.41) is 0. The van der Waals surface area contributed by atoms with Gasteiger partial charge in [-0.2, -0.15) is 0 Å². The molecule has 0 bridgehead atoms. The van der Waals surface area contributed by atoms with Crippen molar-refractivity contribution >= 4 is 16.9 Å². The third-order valence-corrected chi connectivity index (χ3v) is 9.34. The van der Waals surface area contributed by atoms with Crippen LogP contribution in [0, 0.1) is 6.92 Å². The van der Waals surface area contributed by atoms with Crippen LogP contribution in [-0.4, -0.2) is 6.04 Å². The van der Waals surface area contributed by atoms with Crippen LogP contribution in [0.5, 0.6) is 0 Å². The molecule has 4 aromatic carbocycles. The molecule has 0 radical (unpaired) electrons. The quantitative estimate of drug-likeness (QED) is 0.241. The maximum Gasteiger partial charge on any atom is 0.0629 e. The predicted molar refractivity (Wildman–Crippen MR) is 185 cm³/mol. The summed E-state index contributed by atoms with van der Waals surface area (Å²) in [6, 6.07) is 30.2. The second kappa shape index (κ2) is 11.2. The number of aryl methyl sites for hydroxylation is 2. The SMILES string of the molecule is C=C1/C=C\C=C/CCc2ccc(N3c4cc(-c5ccc(C(C)C)c(-c6ccccc6C)c5)ccc4C4C=CC=CC43)cc21. The van der Waals surface area contributed by atoms with Crippen molar-refractivity contribution in [3.63, 3.8) is 0 Å². The van der Waals surface area contributed by atoms with Gasteiger partial charge in [-0.25, -0.2) is 0 Å². The van der Waals surface area contributed by atoms with Crippen LogP contribution >= 0.6 is 0 Å². The van der Waals surface area contributed by atoms with Gasteiger partial charge in [0, 0.05) is 17.3 Å². The molecule has 1 heteroatoms. The molecule has 43 heavy (non-hydrogen) atoms. The van der Waals surface area contributed by atoms with Crippen molar-refractivity contribution in [3.05, 3.63) is 162 Å². The lowest BCUT2D eigenvalue weighted by Crippen LogP contribution is -2.28. The fourth-order valence-electron chi connectivity index (χ4n) is 7.07. The third-order valence-electron chi connectivity index (χ3n) is 9.34. The van der Waals surface area contributed by atoms with Crippen LogP contribution < -0.4 is 4.90 Å². The second-order valence-corrected chi connectivity index (χ2v) is 12.4. The van der Waals surface area contributed by atoms with Crippen molar-refractivity contribution in [1.29, 1.82) is 0 Å². The Morgan fingerprint density at radius 3 is 2.44 bits per heavy atom. The molecule has 0 aromatic heterocycles. The van der Waals surface area contributed by atoms with Crippen LogP contribution in [0.1, 0.15) is 59.9 Å². The average molecular weight is 558 g/mol. The molecule has 0 saturated heterocycles. The highest BCUT2D eigenvalue weighted by Crippen LogP contribution is 2.49. The number of fused-ring (bicyclic) bond motifs is 4. The molecule has 1 aliphatic heterocycles. The van der Waals surface area contributed by atoms with Crippen molar-refractivity contribution in [2.75, 3.05) is 4.90 Å². The first-order chi connectivity index (χ1) is 21.0. The van der Waals surface area contributed by atoms with Gasteiger partial charge in [0.2, 0.25) is 0 Å². The van der Waals surface area contributed by atoms with E-state index in [-0.39, 0.29) is 6.04 Å². The smallest absolute Gasteiger partial charge is 0.0629 e. The Morgan fingerprint density at radius 1 is 0.767 bits per heavy atom. The van der Waals surface area contributed by atoms with Gasteiger partial charge in [-0.3, -0.25) is 0 Å². The van der Waals surface area contributed by atoms with Gasteiger partial charge in [0.05, 0.1) is 6.04 Å². The summed E-state index contributed by atoms with van der Waals surface area (Å²) in [5.41, 5.74) is 15.5. The highest BCUT2D eigenvalue weighted by Gasteiger charge is 2.37. The Morgan fingerprint density at radius 2 is 1.58 bits per heavy atom. The lowest BCUT2D eigenvalue weighted by atomic mass is 9.87. The average Bonchev–Trinajstić information content (AvgIpc) is 3.39. The molecule has 3 aliphatic rings. The van der Waals surface area contributed by atoms with E-state index in [1.165, 1.54) is 61.4 Å². The van der Waals surface area contributed by atoms with E-state index in [0.29, 0.717) is 11.8 Å². The van der Waals surface area contributed by atoms with Crippen LogP contribution in [0.2, 0.25) is 0 Å². The minimum absolute atomic E-state index is 0.251. The standard InChI is InChI=1S/C42H39N/c1-28(2)35-23-20-32(25-40(35)36-16-10-9-14-29(36)3)33-21-24-38-37-17-11-12-18-41(37)43(42(38)26-33)34-22-19-31-15-8-6-5-7-13-30(4)39(31)27-34/h5-7,9-14,16-28,37,41H,4,8,15H2,1-3H3/b6-5-,13-7-. The molecule has 1 heterocycles. The number of nitrogens with zero attached hydrogens (tertiary/aromatic N) is 1. The largest absolute Gasteiger partial charge is 0.333 e. The van der Waals surface area contributed by atoms with Crippen LogP contribution in [0.3, 0.4) is 0 Å². The molecular weight excluding hydrogens is 518 g/mol. The minimum Gasteiger partial charge on any atom is -0.333 e. The van der Waals surface area contributed by atoms with Crippen LogP contribution in [-0.2, 0) is 6.42 Å². The molecule has 2 atom stereocenters. The summed E-state index contributed by atoms with van der Waals surface area (Å²) in [4.78, 5) is 2.55. The van der Waals surface area contributed by atoms with E-state index < -0.39 is 0 Å². The van der Waals surface area contributed by atoms with Gasteiger partial charge in [0.15, 0.2) is 0 Å². The molecular formula is C42H39N. The lowest BCUT2D eigenvalue weighted by Gasteiger charge is -2.29. The molecule has 0 N–H and O–H groups in total. The van der Waals surface area contributed by atoms with E-state index in [4.69, 9.17) is 0 Å². The van der Waals surface area contributed by atoms with E-state index in [2.05, 4.69) is 160 Å². The zero-order valence-electron chi connectivity index (χ0n) is 25.4. The minimum atomic E-state index is 0.251. The van der Waals surface area contributed by atoms with Crippen molar-refractivity contribution in [1.82, 2.24) is 0 Å². The van der Waals surface area contributed by atoms with E-state index in [9.17, 15) is 0 Å². The molecule has 212 valence electrons. The first-order valence-electron chi connectivity index (χ1n) is 15.6. The van der Waals surface area contributed by atoms with Crippen LogP contribution in [0.4, 0.5) is 11.4 Å². The molecule has 4 aromatic rings. The Kier molecular flexibility index (Phi) is 7.11. The van der Waals surface area contributed by atoms with E-state index in [1.807, 2.05) is 0 Å². The van der Waals surface area contributed by atoms with Gasteiger partial charge in [-0.1, -0.05) is 124 Å². The number of hydrogen-bond donors (Lipinski definition) is 0. The molecule has 1 nitrogen and oxygen atoms in total. The van der Waals surface area contributed by atoms with Crippen molar-refractivity contribution in [2.24, 2.45) is 0 Å². The maximum atomic E-state index is 4.44. The highest BCUT2D eigenvalue weighted by atomic mass is 15.2. The Hall–Kier alpha value is -4.62. The van der Waals surface area contributed by atoms with Crippen LogP contribution in [0.25, 0.3) is 27.8 Å². The van der Waals surface area contributed by atoms with Gasteiger partial charge < -0.3 is 4.90 Å². The van der Waals surface area contributed by atoms with E-state index in [1.54, 1.807) is 0 Å². The summed E-state index contributed by atoms with van der Waals surface area (Å²) in [7, 11) is 0. The fourth-order valence-corrected chi connectivity index (χ4v) is 7.07. The summed E-state index contributed by atoms with van der Waals surface area (Å²) in [6.07, 6.45) is 19.8. The van der Waals surface area contributed by atoms with Gasteiger partial charge in [-0.05, 0) is 106 Å². The van der Waals surface area contributed by atoms with Gasteiger partial charge >= 0.3 is 0 Å². The number of allylic oxidation sites excluding steroid dienone is 7. The summed E-state index contributed by atoms with van der Waals surface area (Å²) >= 11 is 0. The zero-order chi connectivity index (χ0) is 29.5. The van der Waals surface area contributed by atoms with E-state index >= 15 is 0 Å². The molecule has 0 fully saturated rings. The lowest BCUT2D eigenvalue weighted by molar-refractivity contribution is 0.744. The van der Waals surface area contributed by atoms with Gasteiger partial charge in [0.25, 0.3) is 0 Å². The number of hydrogen-bond acceptors (Lipinski definition) is 1. The van der Waals surface area contributed by atoms with E-state index in [0.717, 1.165) is 18.4 Å². The molecule has 7 rings (SSSR count). The molecule has 0 saturated carbocycles. The first-order valence-corrected chi connectivity index (χ1v) is 15.6. The molecule has 0 amide bonds. The number of anilines is 2. The Labute approximate surface area is 256 Å². The molecule has 2 unspecified atom stereocenters. The summed E-state index contributed by atoms with van der Waals surface area (Å²) in [6.45, 7) is 11.2. The number of rotatable bonds is 4. The second-order valence-electron chi connectivity index (χ2n) is 12.4. The maximum absolute atomic E-state index is 4.44. The molecule has 0 spiro atoms. The topological polar surface area (TPSA) is 3.24 Å².